The highest BCUT2D eigenvalue weighted by molar-refractivity contribution is 6.42. The topological polar surface area (TPSA) is 86.1 Å². The highest BCUT2D eigenvalue weighted by Gasteiger charge is 2.20. The van der Waals surface area contributed by atoms with Crippen molar-refractivity contribution in [1.82, 2.24) is 14.8 Å². The Labute approximate surface area is 164 Å². The third-order valence-corrected chi connectivity index (χ3v) is 4.56. The van der Waals surface area contributed by atoms with Crippen molar-refractivity contribution in [2.45, 2.75) is 6.92 Å². The van der Waals surface area contributed by atoms with E-state index in [1.807, 2.05) is 6.07 Å². The second kappa shape index (κ2) is 7.77. The van der Waals surface area contributed by atoms with Gasteiger partial charge in [0.2, 0.25) is 0 Å². The van der Waals surface area contributed by atoms with E-state index < -0.39 is 11.9 Å². The number of halogens is 2. The van der Waals surface area contributed by atoms with E-state index in [4.69, 9.17) is 27.9 Å². The lowest BCUT2D eigenvalue weighted by Crippen LogP contribution is -2.16. The van der Waals surface area contributed by atoms with Gasteiger partial charge >= 0.3 is 5.97 Å². The number of carbonyl (C=O) groups excluding carboxylic acids is 2. The lowest BCUT2D eigenvalue weighted by atomic mass is 10.1. The number of pyridine rings is 1. The smallest absolute Gasteiger partial charge is 0.340 e. The Morgan fingerprint density at radius 2 is 1.89 bits per heavy atom. The van der Waals surface area contributed by atoms with Gasteiger partial charge in [0.15, 0.2) is 5.82 Å². The Hall–Kier alpha value is -2.90. The molecule has 0 radical (unpaired) electrons. The number of hydrogen-bond donors (Lipinski definition) is 1. The van der Waals surface area contributed by atoms with E-state index in [-0.39, 0.29) is 21.3 Å². The summed E-state index contributed by atoms with van der Waals surface area (Å²) in [4.78, 5) is 28.9. The summed E-state index contributed by atoms with van der Waals surface area (Å²) < 4.78 is 6.27. The molecule has 1 aromatic carbocycles. The molecule has 27 heavy (non-hydrogen) atoms. The Morgan fingerprint density at radius 1 is 1.15 bits per heavy atom. The highest BCUT2D eigenvalue weighted by atomic mass is 35.5. The zero-order valence-corrected chi connectivity index (χ0v) is 15.9. The molecular weight excluding hydrogens is 391 g/mol. The lowest BCUT2D eigenvalue weighted by Gasteiger charge is -2.11. The molecule has 2 aromatic heterocycles. The number of carbonyl (C=O) groups is 2. The van der Waals surface area contributed by atoms with Gasteiger partial charge in [0, 0.05) is 6.20 Å². The summed E-state index contributed by atoms with van der Waals surface area (Å²) in [7, 11) is 1.23. The molecule has 0 fully saturated rings. The molecule has 0 aliphatic rings. The van der Waals surface area contributed by atoms with Crippen LogP contribution in [0.15, 0.2) is 42.7 Å². The molecule has 2 heterocycles. The standard InChI is InChI=1S/C18H14Cl2N4O3/c1-10-12(9-22-24(10)16-5-3-4-6-21-16)17(25)23-15-8-14(20)13(19)7-11(15)18(26)27-2/h3-9H,1-2H3,(H,23,25). The van der Waals surface area contributed by atoms with Crippen molar-refractivity contribution in [1.29, 1.82) is 0 Å². The second-order valence-electron chi connectivity index (χ2n) is 5.50. The van der Waals surface area contributed by atoms with Crippen LogP contribution in [0.25, 0.3) is 5.82 Å². The van der Waals surface area contributed by atoms with Crippen LogP contribution in [-0.4, -0.2) is 33.8 Å². The van der Waals surface area contributed by atoms with Crippen LogP contribution in [0.3, 0.4) is 0 Å². The summed E-state index contributed by atoms with van der Waals surface area (Å²) in [6.45, 7) is 1.74. The predicted octanol–water partition coefficient (Wildman–Crippen LogP) is 3.92. The van der Waals surface area contributed by atoms with E-state index in [0.717, 1.165) is 0 Å². The molecule has 0 aliphatic heterocycles. The first kappa shape index (κ1) is 18.9. The minimum absolute atomic E-state index is 0.0926. The minimum Gasteiger partial charge on any atom is -0.465 e. The van der Waals surface area contributed by atoms with Gasteiger partial charge in [-0.25, -0.2) is 14.5 Å². The number of nitrogens with zero attached hydrogens (tertiary/aromatic N) is 3. The maximum absolute atomic E-state index is 12.7. The first-order valence-corrected chi connectivity index (χ1v) is 8.52. The number of hydrogen-bond acceptors (Lipinski definition) is 5. The van der Waals surface area contributed by atoms with Gasteiger partial charge in [0.05, 0.1) is 45.9 Å². The molecule has 0 aliphatic carbocycles. The summed E-state index contributed by atoms with van der Waals surface area (Å²) in [5, 5.41) is 7.24. The summed E-state index contributed by atoms with van der Waals surface area (Å²) in [6, 6.07) is 8.12. The normalized spacial score (nSPS) is 10.5. The molecule has 0 bridgehead atoms. The number of rotatable bonds is 4. The van der Waals surface area contributed by atoms with Gasteiger partial charge in [-0.3, -0.25) is 4.79 Å². The number of anilines is 1. The first-order valence-electron chi connectivity index (χ1n) is 7.77. The average molecular weight is 405 g/mol. The molecule has 0 atom stereocenters. The van der Waals surface area contributed by atoms with Gasteiger partial charge in [-0.15, -0.1) is 0 Å². The van der Waals surface area contributed by atoms with Crippen LogP contribution >= 0.6 is 23.2 Å². The average Bonchev–Trinajstić information content (AvgIpc) is 3.06. The second-order valence-corrected chi connectivity index (χ2v) is 6.32. The maximum atomic E-state index is 12.7. The monoisotopic (exact) mass is 404 g/mol. The fourth-order valence-electron chi connectivity index (χ4n) is 2.46. The van der Waals surface area contributed by atoms with Gasteiger partial charge in [0.25, 0.3) is 5.91 Å². The number of nitrogens with one attached hydrogen (secondary N) is 1. The van der Waals surface area contributed by atoms with Crippen LogP contribution in [0.2, 0.25) is 10.0 Å². The van der Waals surface area contributed by atoms with E-state index in [1.54, 1.807) is 29.9 Å². The number of esters is 1. The van der Waals surface area contributed by atoms with Crippen LogP contribution in [0, 0.1) is 6.92 Å². The van der Waals surface area contributed by atoms with Crippen LogP contribution < -0.4 is 5.32 Å². The Balaban J connectivity index is 1.94. The highest BCUT2D eigenvalue weighted by Crippen LogP contribution is 2.30. The molecule has 0 saturated carbocycles. The van der Waals surface area contributed by atoms with E-state index in [0.29, 0.717) is 17.1 Å². The summed E-state index contributed by atoms with van der Waals surface area (Å²) >= 11 is 12.0. The molecule has 9 heteroatoms. The molecule has 138 valence electrons. The van der Waals surface area contributed by atoms with Crippen LogP contribution in [-0.2, 0) is 4.74 Å². The van der Waals surface area contributed by atoms with Crippen molar-refractivity contribution >= 4 is 40.8 Å². The summed E-state index contributed by atoms with van der Waals surface area (Å²) in [5.74, 6) is -0.526. The molecule has 3 rings (SSSR count). The van der Waals surface area contributed by atoms with Crippen molar-refractivity contribution in [2.24, 2.45) is 0 Å². The fourth-order valence-corrected chi connectivity index (χ4v) is 2.79. The Kier molecular flexibility index (Phi) is 5.43. The van der Waals surface area contributed by atoms with Crippen LogP contribution in [0.1, 0.15) is 26.4 Å². The van der Waals surface area contributed by atoms with Gasteiger partial charge in [0.1, 0.15) is 0 Å². The Morgan fingerprint density at radius 3 is 2.56 bits per heavy atom. The molecule has 1 amide bonds. The van der Waals surface area contributed by atoms with E-state index in [1.165, 1.54) is 25.4 Å². The van der Waals surface area contributed by atoms with Crippen LogP contribution in [0.5, 0.6) is 0 Å². The minimum atomic E-state index is -0.648. The molecule has 0 unspecified atom stereocenters. The molecule has 1 N–H and O–H groups in total. The van der Waals surface area contributed by atoms with Gasteiger partial charge in [-0.1, -0.05) is 29.3 Å². The van der Waals surface area contributed by atoms with Crippen molar-refractivity contribution in [3.8, 4) is 5.82 Å². The maximum Gasteiger partial charge on any atom is 0.340 e. The van der Waals surface area contributed by atoms with E-state index in [2.05, 4.69) is 15.4 Å². The first-order chi connectivity index (χ1) is 12.9. The van der Waals surface area contributed by atoms with Gasteiger partial charge in [-0.2, -0.15) is 5.10 Å². The number of benzene rings is 1. The fraction of sp³-hybridized carbons (Fsp3) is 0.111. The van der Waals surface area contributed by atoms with Gasteiger partial charge in [-0.05, 0) is 31.2 Å². The van der Waals surface area contributed by atoms with E-state index in [9.17, 15) is 9.59 Å². The largest absolute Gasteiger partial charge is 0.465 e. The van der Waals surface area contributed by atoms with Crippen molar-refractivity contribution in [3.63, 3.8) is 0 Å². The van der Waals surface area contributed by atoms with Crippen molar-refractivity contribution in [3.05, 3.63) is 69.6 Å². The molecule has 7 nitrogen and oxygen atoms in total. The zero-order valence-electron chi connectivity index (χ0n) is 14.4. The molecular formula is C18H14Cl2N4O3. The molecule has 0 spiro atoms. The van der Waals surface area contributed by atoms with Gasteiger partial charge < -0.3 is 10.1 Å². The van der Waals surface area contributed by atoms with Crippen molar-refractivity contribution in [2.75, 3.05) is 12.4 Å². The SMILES string of the molecule is COC(=O)c1cc(Cl)c(Cl)cc1NC(=O)c1cnn(-c2ccccn2)c1C. The molecule has 3 aromatic rings. The number of aromatic nitrogens is 3. The quantitative estimate of drug-likeness (QED) is 0.665. The summed E-state index contributed by atoms with van der Waals surface area (Å²) in [6.07, 6.45) is 3.06. The number of ether oxygens (including phenoxy) is 1. The third-order valence-electron chi connectivity index (χ3n) is 3.83. The van der Waals surface area contributed by atoms with E-state index >= 15 is 0 Å². The van der Waals surface area contributed by atoms with Crippen LogP contribution in [0.4, 0.5) is 5.69 Å². The number of methoxy groups -OCH3 is 1. The third kappa shape index (κ3) is 3.79. The summed E-state index contributed by atoms with van der Waals surface area (Å²) in [5.41, 5.74) is 1.19. The zero-order chi connectivity index (χ0) is 19.6. The lowest BCUT2D eigenvalue weighted by molar-refractivity contribution is 0.0602. The molecule has 0 saturated heterocycles. The Bertz CT molecular complexity index is 1020. The number of amides is 1. The predicted molar refractivity (Wildman–Crippen MR) is 102 cm³/mol. The van der Waals surface area contributed by atoms with Crippen molar-refractivity contribution < 1.29 is 14.3 Å².